The summed E-state index contributed by atoms with van der Waals surface area (Å²) in [4.78, 5) is 40.9. The van der Waals surface area contributed by atoms with E-state index in [1.165, 1.54) is 13.8 Å². The second-order valence-corrected chi connectivity index (χ2v) is 20.8. The Morgan fingerprint density at radius 3 is 2.19 bits per heavy atom. The average Bonchev–Trinajstić information content (AvgIpc) is 3.35. The van der Waals surface area contributed by atoms with Crippen LogP contribution in [0, 0.1) is 16.7 Å². The smallest absolute Gasteiger partial charge is 0.338 e. The molecule has 0 amide bonds. The molecule has 11 nitrogen and oxygen atoms in total. The maximum atomic E-state index is 14.5. The molecule has 2 saturated heterocycles. The van der Waals surface area contributed by atoms with E-state index in [2.05, 4.69) is 27.4 Å². The van der Waals surface area contributed by atoms with Gasteiger partial charge >= 0.3 is 17.9 Å². The topological polar surface area (TPSA) is 136 Å². The number of esters is 3. The van der Waals surface area contributed by atoms with Crippen LogP contribution in [-0.4, -0.2) is 92.1 Å². The van der Waals surface area contributed by atoms with Gasteiger partial charge in [-0.3, -0.25) is 9.59 Å². The molecule has 12 heteroatoms. The van der Waals surface area contributed by atoms with Crippen molar-refractivity contribution in [3.8, 4) is 0 Å². The highest BCUT2D eigenvalue weighted by Crippen LogP contribution is 2.70. The minimum Gasteiger partial charge on any atom is -0.457 e. The number of carbonyl (C=O) groups is 3. The summed E-state index contributed by atoms with van der Waals surface area (Å²) in [5.41, 5.74) is -3.78. The van der Waals surface area contributed by atoms with Crippen LogP contribution in [0.3, 0.4) is 0 Å². The normalized spacial score (nSPS) is 38.1. The van der Waals surface area contributed by atoms with Gasteiger partial charge in [0.1, 0.15) is 18.3 Å². The van der Waals surface area contributed by atoms with E-state index in [1.54, 1.807) is 44.2 Å². The van der Waals surface area contributed by atoms with Crippen molar-refractivity contribution in [3.63, 3.8) is 0 Å². The van der Waals surface area contributed by atoms with Gasteiger partial charge in [0.25, 0.3) is 0 Å². The molecule has 2 unspecified atom stereocenters. The third kappa shape index (κ3) is 5.74. The number of rotatable bonds is 11. The molecule has 2 aliphatic heterocycles. The highest BCUT2D eigenvalue weighted by atomic mass is 28.4. The highest BCUT2D eigenvalue weighted by molar-refractivity contribution is 6.73. The highest BCUT2D eigenvalue weighted by Gasteiger charge is 2.81. The van der Waals surface area contributed by atoms with E-state index in [1.807, 2.05) is 19.9 Å². The summed E-state index contributed by atoms with van der Waals surface area (Å²) in [7, 11) is -2.28. The largest absolute Gasteiger partial charge is 0.457 e. The van der Waals surface area contributed by atoms with Crippen LogP contribution in [0.25, 0.3) is 0 Å². The molecule has 3 aliphatic carbocycles. The van der Waals surface area contributed by atoms with Gasteiger partial charge in [-0.25, -0.2) is 4.79 Å². The van der Waals surface area contributed by atoms with Gasteiger partial charge in [0.05, 0.1) is 41.3 Å². The zero-order valence-electron chi connectivity index (χ0n) is 32.1. The zero-order chi connectivity index (χ0) is 38.0. The van der Waals surface area contributed by atoms with Crippen molar-refractivity contribution in [2.75, 3.05) is 6.61 Å². The van der Waals surface area contributed by atoms with E-state index in [0.717, 1.165) is 23.7 Å². The summed E-state index contributed by atoms with van der Waals surface area (Å²) < 4.78 is 46.5. The second-order valence-electron chi connectivity index (χ2n) is 16.1. The maximum absolute atomic E-state index is 14.5. The number of hydrogen-bond donors (Lipinski definition) is 1. The Labute approximate surface area is 308 Å². The molecule has 11 atom stereocenters. The predicted molar refractivity (Wildman–Crippen MR) is 193 cm³/mol. The number of carbonyl (C=O) groups excluding carboxylic acids is 3. The van der Waals surface area contributed by atoms with Crippen LogP contribution in [0.5, 0.6) is 0 Å². The van der Waals surface area contributed by atoms with E-state index < -0.39 is 97.1 Å². The Balaban J connectivity index is 1.71. The number of ether oxygens (including phenoxy) is 6. The Morgan fingerprint density at radius 2 is 1.67 bits per heavy atom. The van der Waals surface area contributed by atoms with Crippen molar-refractivity contribution in [2.45, 2.75) is 147 Å². The molecule has 2 saturated carbocycles. The minimum atomic E-state index is -2.28. The number of aliphatic hydroxyl groups is 1. The SMILES string of the molecule is C=CC1O[C@H]2C[C@H]3OC[C@@]3(OC(C)=O)[C@H]3[C@H](OC(=O)c4ccccc4)[C@]4(C(C)(C)O)CC(O[Si](CC)(CC)CC)C(C)=C4[C@H](OC(C)=O)[C@H](O1)[C@]23C. The Bertz CT molecular complexity index is 1590. The minimum absolute atomic E-state index is 0.0247. The molecule has 0 aromatic heterocycles. The van der Waals surface area contributed by atoms with Gasteiger partial charge in [-0.05, 0) is 74.7 Å². The molecule has 1 N–H and O–H groups in total. The summed E-state index contributed by atoms with van der Waals surface area (Å²) >= 11 is 0. The van der Waals surface area contributed by atoms with Gasteiger partial charge in [0.15, 0.2) is 26.3 Å². The summed E-state index contributed by atoms with van der Waals surface area (Å²) in [6.07, 6.45) is -3.64. The van der Waals surface area contributed by atoms with Gasteiger partial charge in [-0.1, -0.05) is 52.5 Å². The second kappa shape index (κ2) is 13.8. The van der Waals surface area contributed by atoms with Crippen molar-refractivity contribution in [1.82, 2.24) is 0 Å². The first-order valence-corrected chi connectivity index (χ1v) is 21.3. The summed E-state index contributed by atoms with van der Waals surface area (Å²) in [6, 6.07) is 11.3. The molecular weight excluding hydrogens is 685 g/mol. The van der Waals surface area contributed by atoms with Gasteiger partial charge in [0.2, 0.25) is 0 Å². The average molecular weight is 741 g/mol. The molecule has 1 aromatic rings. The van der Waals surface area contributed by atoms with Gasteiger partial charge in [-0.2, -0.15) is 0 Å². The van der Waals surface area contributed by atoms with E-state index >= 15 is 0 Å². The predicted octanol–water partition coefficient (Wildman–Crippen LogP) is 6.05. The monoisotopic (exact) mass is 740 g/mol. The molecular formula is C40H56O11Si. The fourth-order valence-corrected chi connectivity index (χ4v) is 13.4. The molecule has 0 bridgehead atoms. The zero-order valence-corrected chi connectivity index (χ0v) is 33.1. The fourth-order valence-electron chi connectivity index (χ4n) is 10.5. The van der Waals surface area contributed by atoms with Crippen LogP contribution >= 0.6 is 0 Å². The molecule has 2 heterocycles. The number of hydrogen-bond acceptors (Lipinski definition) is 11. The third-order valence-corrected chi connectivity index (χ3v) is 17.9. The van der Waals surface area contributed by atoms with Gasteiger partial charge < -0.3 is 38.0 Å². The molecule has 0 radical (unpaired) electrons. The lowest BCUT2D eigenvalue weighted by atomic mass is 9.49. The molecule has 4 fully saturated rings. The van der Waals surface area contributed by atoms with Crippen LogP contribution in [0.4, 0.5) is 0 Å². The third-order valence-electron chi connectivity index (χ3n) is 13.3. The van der Waals surface area contributed by atoms with Crippen molar-refractivity contribution < 1.29 is 52.3 Å². The molecule has 5 aliphatic rings. The van der Waals surface area contributed by atoms with Crippen LogP contribution < -0.4 is 0 Å². The van der Waals surface area contributed by atoms with Gasteiger partial charge in [-0.15, -0.1) is 0 Å². The fraction of sp³-hybridized carbons (Fsp3) is 0.675. The lowest BCUT2D eigenvalue weighted by molar-refractivity contribution is -0.392. The summed E-state index contributed by atoms with van der Waals surface area (Å²) in [6.45, 7) is 20.5. The maximum Gasteiger partial charge on any atom is 0.338 e. The van der Waals surface area contributed by atoms with E-state index in [-0.39, 0.29) is 13.0 Å². The van der Waals surface area contributed by atoms with E-state index in [0.29, 0.717) is 17.6 Å². The van der Waals surface area contributed by atoms with Crippen LogP contribution in [0.15, 0.2) is 54.1 Å². The van der Waals surface area contributed by atoms with Crippen LogP contribution in [-0.2, 0) is 42.4 Å². The van der Waals surface area contributed by atoms with Crippen molar-refractivity contribution >= 4 is 26.2 Å². The Hall–Kier alpha value is -2.87. The first kappa shape index (κ1) is 38.8. The van der Waals surface area contributed by atoms with E-state index in [4.69, 9.17) is 32.8 Å². The Morgan fingerprint density at radius 1 is 1.02 bits per heavy atom. The van der Waals surface area contributed by atoms with Gasteiger partial charge in [0, 0.05) is 25.7 Å². The Kier molecular flexibility index (Phi) is 10.3. The van der Waals surface area contributed by atoms with Crippen molar-refractivity contribution in [3.05, 3.63) is 59.7 Å². The van der Waals surface area contributed by atoms with E-state index in [9.17, 15) is 19.5 Å². The van der Waals surface area contributed by atoms with Crippen molar-refractivity contribution in [1.29, 1.82) is 0 Å². The molecule has 52 heavy (non-hydrogen) atoms. The first-order valence-electron chi connectivity index (χ1n) is 18.8. The summed E-state index contributed by atoms with van der Waals surface area (Å²) in [5.74, 6) is -2.55. The quantitative estimate of drug-likeness (QED) is 0.123. The van der Waals surface area contributed by atoms with Crippen molar-refractivity contribution in [2.24, 2.45) is 16.7 Å². The standard InChI is InChI=1S/C40H56O11Si/c1-11-30-47-28-20-29-40(22-45-29,50-25(7)42)33-35(49-36(43)26-18-16-15-17-19-26)39(37(8,9)44)21-27(51-52(12-2,13-3)14-4)23(5)31(39)32(46-24(6)41)34(48-30)38(28,33)10/h11,15-19,27-30,32-35,44H,1,12-14,20-22H2,2-10H3/t27?,28-,29+,30?,32-,33-,34-,35-,38+,39-,40-/m0/s1. The van der Waals surface area contributed by atoms with Crippen LogP contribution in [0.2, 0.25) is 18.1 Å². The first-order chi connectivity index (χ1) is 24.5. The molecule has 1 aromatic carbocycles. The molecule has 286 valence electrons. The summed E-state index contributed by atoms with van der Waals surface area (Å²) in [5, 5.41) is 12.9. The van der Waals surface area contributed by atoms with Crippen LogP contribution in [0.1, 0.15) is 85.5 Å². The molecule has 6 rings (SSSR count). The lowest BCUT2D eigenvalue weighted by Gasteiger charge is -2.67. The number of benzene rings is 1. The lowest BCUT2D eigenvalue weighted by Crippen LogP contribution is -2.80. The molecule has 0 spiro atoms. The number of fused-ring (bicyclic) bond motifs is 3.